The number of carbonyl (C=O) groups is 1. The van der Waals surface area contributed by atoms with E-state index in [1.807, 2.05) is 39.6 Å². The number of nitriles is 1. The van der Waals surface area contributed by atoms with Crippen LogP contribution in [0.15, 0.2) is 42.7 Å². The van der Waals surface area contributed by atoms with Crippen LogP contribution in [0.5, 0.6) is 0 Å². The largest absolute Gasteiger partial charge is 0.321 e. The number of aryl methyl sites for hydroxylation is 1. The van der Waals surface area contributed by atoms with Crippen molar-refractivity contribution >= 4 is 11.6 Å². The monoisotopic (exact) mass is 570 g/mol. The first kappa shape index (κ1) is 27.2. The van der Waals surface area contributed by atoms with Crippen LogP contribution in [-0.2, 0) is 32.0 Å². The summed E-state index contributed by atoms with van der Waals surface area (Å²) in [5.74, 6) is -1.37. The molecular weight excluding hydrogens is 534 g/mol. The molecule has 3 aromatic rings. The normalized spacial score (nSPS) is 25.5. The van der Waals surface area contributed by atoms with E-state index in [0.29, 0.717) is 44.0 Å². The standard InChI is InChI=1S/C33H36F2N6O/c1-39-21-37-38-30(39)16-32(14-23(15-32)17-36)25-5-4-6-26(13-25)41-19-29-27(24-7-8-24)11-22(12-28(29)31(41)42)18-40-10-3-2-9-33(34,35)20-40/h4-6,11-13,21,23-24H,2-3,7-10,14-16,18-20H2,1H3. The van der Waals surface area contributed by atoms with Gasteiger partial charge in [-0.1, -0.05) is 18.2 Å². The third kappa shape index (κ3) is 5.00. The van der Waals surface area contributed by atoms with Crippen molar-refractivity contribution in [3.63, 3.8) is 0 Å². The number of aromatic nitrogens is 3. The molecule has 1 aromatic heterocycles. The summed E-state index contributed by atoms with van der Waals surface area (Å²) in [6.07, 6.45) is 7.35. The number of alkyl halides is 2. The van der Waals surface area contributed by atoms with Crippen LogP contribution in [0.4, 0.5) is 14.5 Å². The number of rotatable bonds is 7. The second-order valence-corrected chi connectivity index (χ2v) is 13.0. The van der Waals surface area contributed by atoms with Crippen molar-refractivity contribution in [2.45, 2.75) is 81.7 Å². The Morgan fingerprint density at radius 3 is 2.71 bits per heavy atom. The number of carbonyl (C=O) groups excluding carboxylic acids is 1. The van der Waals surface area contributed by atoms with Crippen molar-refractivity contribution in [1.82, 2.24) is 19.7 Å². The fourth-order valence-electron chi connectivity index (χ4n) is 7.39. The lowest BCUT2D eigenvalue weighted by atomic mass is 9.57. The van der Waals surface area contributed by atoms with Gasteiger partial charge in [-0.15, -0.1) is 10.2 Å². The number of nitrogens with zero attached hydrogens (tertiary/aromatic N) is 6. The quantitative estimate of drug-likeness (QED) is 0.354. The van der Waals surface area contributed by atoms with Crippen molar-refractivity contribution in [3.05, 3.63) is 76.4 Å². The highest BCUT2D eigenvalue weighted by atomic mass is 19.3. The van der Waals surface area contributed by atoms with E-state index >= 15 is 0 Å². The summed E-state index contributed by atoms with van der Waals surface area (Å²) in [5.41, 5.74) is 5.70. The molecule has 7 rings (SSSR count). The van der Waals surface area contributed by atoms with E-state index in [-0.39, 0.29) is 30.2 Å². The molecular formula is C33H36F2N6O. The third-order valence-corrected chi connectivity index (χ3v) is 9.81. The molecule has 0 N–H and O–H groups in total. The fraction of sp³-hybridized carbons (Fsp3) is 0.515. The molecule has 1 amide bonds. The topological polar surface area (TPSA) is 78.1 Å². The first-order valence-electron chi connectivity index (χ1n) is 15.1. The minimum Gasteiger partial charge on any atom is -0.321 e. The lowest BCUT2D eigenvalue weighted by molar-refractivity contribution is -0.0311. The van der Waals surface area contributed by atoms with Crippen LogP contribution in [0.25, 0.3) is 0 Å². The van der Waals surface area contributed by atoms with Gasteiger partial charge in [-0.2, -0.15) is 5.26 Å². The Kier molecular flexibility index (Phi) is 6.65. The van der Waals surface area contributed by atoms with Crippen molar-refractivity contribution in [1.29, 1.82) is 5.26 Å². The van der Waals surface area contributed by atoms with Crippen LogP contribution in [0, 0.1) is 17.2 Å². The fourth-order valence-corrected chi connectivity index (χ4v) is 7.39. The molecule has 0 atom stereocenters. The molecule has 0 spiro atoms. The second kappa shape index (κ2) is 10.3. The molecule has 0 radical (unpaired) electrons. The van der Waals surface area contributed by atoms with E-state index in [2.05, 4.69) is 34.5 Å². The number of likely N-dealkylation sites (tertiary alicyclic amines) is 1. The van der Waals surface area contributed by atoms with Crippen LogP contribution in [-0.4, -0.2) is 44.6 Å². The Labute approximate surface area is 245 Å². The molecule has 2 saturated carbocycles. The molecule has 3 fully saturated rings. The zero-order chi connectivity index (χ0) is 29.1. The molecule has 2 aromatic carbocycles. The molecule has 0 unspecified atom stereocenters. The highest BCUT2D eigenvalue weighted by Crippen LogP contribution is 2.51. The molecule has 9 heteroatoms. The van der Waals surface area contributed by atoms with Crippen LogP contribution in [0.3, 0.4) is 0 Å². The summed E-state index contributed by atoms with van der Waals surface area (Å²) >= 11 is 0. The Balaban J connectivity index is 1.18. The van der Waals surface area contributed by atoms with Gasteiger partial charge in [0.2, 0.25) is 0 Å². The number of amides is 1. The van der Waals surface area contributed by atoms with Gasteiger partial charge >= 0.3 is 0 Å². The minimum atomic E-state index is -2.66. The van der Waals surface area contributed by atoms with Gasteiger partial charge in [0.05, 0.1) is 19.2 Å². The summed E-state index contributed by atoms with van der Waals surface area (Å²) in [7, 11) is 1.93. The number of hydrogen-bond acceptors (Lipinski definition) is 5. The van der Waals surface area contributed by atoms with E-state index in [1.165, 1.54) is 5.56 Å². The summed E-state index contributed by atoms with van der Waals surface area (Å²) in [4.78, 5) is 17.7. The van der Waals surface area contributed by atoms with Crippen LogP contribution >= 0.6 is 0 Å². The molecule has 2 aliphatic heterocycles. The van der Waals surface area contributed by atoms with E-state index in [4.69, 9.17) is 0 Å². The molecule has 218 valence electrons. The van der Waals surface area contributed by atoms with Crippen molar-refractivity contribution in [2.75, 3.05) is 18.0 Å². The summed E-state index contributed by atoms with van der Waals surface area (Å²) in [6, 6.07) is 14.8. The first-order valence-corrected chi connectivity index (χ1v) is 15.1. The minimum absolute atomic E-state index is 0.00299. The Morgan fingerprint density at radius 2 is 1.98 bits per heavy atom. The lowest BCUT2D eigenvalue weighted by Crippen LogP contribution is -2.43. The number of halogens is 2. The summed E-state index contributed by atoms with van der Waals surface area (Å²) < 4.78 is 30.6. The van der Waals surface area contributed by atoms with Gasteiger partial charge in [-0.05, 0) is 91.4 Å². The highest BCUT2D eigenvalue weighted by molar-refractivity contribution is 6.10. The molecule has 42 heavy (non-hydrogen) atoms. The third-order valence-electron chi connectivity index (χ3n) is 9.81. The molecule has 4 aliphatic rings. The maximum Gasteiger partial charge on any atom is 0.260 e. The maximum absolute atomic E-state index is 14.3. The lowest BCUT2D eigenvalue weighted by Gasteiger charge is -2.45. The molecule has 0 bridgehead atoms. The van der Waals surface area contributed by atoms with E-state index < -0.39 is 5.92 Å². The average molecular weight is 571 g/mol. The van der Waals surface area contributed by atoms with Gasteiger partial charge in [0.25, 0.3) is 11.8 Å². The highest BCUT2D eigenvalue weighted by Gasteiger charge is 2.47. The van der Waals surface area contributed by atoms with Crippen molar-refractivity contribution in [3.8, 4) is 6.07 Å². The van der Waals surface area contributed by atoms with Gasteiger partial charge in [-0.25, -0.2) is 8.78 Å². The van der Waals surface area contributed by atoms with Crippen LogP contribution < -0.4 is 4.90 Å². The van der Waals surface area contributed by atoms with E-state index in [0.717, 1.165) is 60.3 Å². The molecule has 7 nitrogen and oxygen atoms in total. The average Bonchev–Trinajstić information content (AvgIpc) is 3.67. The van der Waals surface area contributed by atoms with Gasteiger partial charge in [-0.3, -0.25) is 9.69 Å². The van der Waals surface area contributed by atoms with Gasteiger partial charge in [0.15, 0.2) is 0 Å². The maximum atomic E-state index is 14.3. The smallest absolute Gasteiger partial charge is 0.260 e. The second-order valence-electron chi connectivity index (χ2n) is 13.0. The SMILES string of the molecule is Cn1cnnc1CC1(c2cccc(N3Cc4c(cc(CN5CCCCC(F)(F)C5)cc4C4CC4)C3=O)c2)CC(C#N)C1. The predicted molar refractivity (Wildman–Crippen MR) is 154 cm³/mol. The van der Waals surface area contributed by atoms with Crippen LogP contribution in [0.1, 0.15) is 89.3 Å². The first-order chi connectivity index (χ1) is 20.2. The number of fused-ring (bicyclic) bond motifs is 1. The molecule has 2 aliphatic carbocycles. The number of benzene rings is 2. The molecule has 1 saturated heterocycles. The van der Waals surface area contributed by atoms with Crippen LogP contribution in [0.2, 0.25) is 0 Å². The number of hydrogen-bond donors (Lipinski definition) is 0. The Bertz CT molecular complexity index is 1560. The number of anilines is 1. The van der Waals surface area contributed by atoms with Gasteiger partial charge < -0.3 is 9.47 Å². The predicted octanol–water partition coefficient (Wildman–Crippen LogP) is 5.89. The van der Waals surface area contributed by atoms with E-state index in [1.54, 1.807) is 6.33 Å². The molecule has 3 heterocycles. The van der Waals surface area contributed by atoms with Gasteiger partial charge in [0, 0.05) is 49.0 Å². The zero-order valence-electron chi connectivity index (χ0n) is 24.0. The zero-order valence-corrected chi connectivity index (χ0v) is 24.0. The summed E-state index contributed by atoms with van der Waals surface area (Å²) in [6.45, 7) is 1.39. The Morgan fingerprint density at radius 1 is 1.14 bits per heavy atom. The van der Waals surface area contributed by atoms with E-state index in [9.17, 15) is 18.8 Å². The van der Waals surface area contributed by atoms with Gasteiger partial charge in [0.1, 0.15) is 12.2 Å². The Hall–Kier alpha value is -3.64. The summed E-state index contributed by atoms with van der Waals surface area (Å²) in [5, 5.41) is 17.9. The van der Waals surface area contributed by atoms with Crippen molar-refractivity contribution < 1.29 is 13.6 Å². The van der Waals surface area contributed by atoms with Crippen molar-refractivity contribution in [2.24, 2.45) is 13.0 Å².